The summed E-state index contributed by atoms with van der Waals surface area (Å²) in [6.07, 6.45) is -0.724. The predicted octanol–water partition coefficient (Wildman–Crippen LogP) is 2.38. The number of ether oxygens (including phenoxy) is 1. The van der Waals surface area contributed by atoms with Crippen molar-refractivity contribution < 1.29 is 14.8 Å². The lowest BCUT2D eigenvalue weighted by molar-refractivity contribution is -0.385. The number of rotatable bonds is 5. The van der Waals surface area contributed by atoms with Crippen molar-refractivity contribution in [3.8, 4) is 5.75 Å². The lowest BCUT2D eigenvalue weighted by atomic mass is 10.3. The highest BCUT2D eigenvalue weighted by Gasteiger charge is 2.16. The number of hydrogen-bond acceptors (Lipinski definition) is 4. The minimum Gasteiger partial charge on any atom is -0.484 e. The Bertz CT molecular complexity index is 388. The van der Waals surface area contributed by atoms with Crippen LogP contribution < -0.4 is 4.74 Å². The fourth-order valence-electron chi connectivity index (χ4n) is 0.985. The van der Waals surface area contributed by atoms with Crippen molar-refractivity contribution in [3.63, 3.8) is 0 Å². The maximum Gasteiger partial charge on any atom is 0.311 e. The maximum atomic E-state index is 10.7. The van der Waals surface area contributed by atoms with Crippen molar-refractivity contribution >= 4 is 33.2 Å². The van der Waals surface area contributed by atoms with Crippen LogP contribution in [0, 0.1) is 10.1 Å². The maximum absolute atomic E-state index is 10.7. The van der Waals surface area contributed by atoms with Crippen LogP contribution in [-0.2, 0) is 0 Å². The number of nitro benzene ring substituents is 1. The summed E-state index contributed by atoms with van der Waals surface area (Å²) in [6, 6.07) is 4.02. The van der Waals surface area contributed by atoms with Gasteiger partial charge in [-0.2, -0.15) is 0 Å². The number of hydrogen-bond donors (Lipinski definition) is 1. The van der Waals surface area contributed by atoms with E-state index >= 15 is 0 Å². The van der Waals surface area contributed by atoms with Gasteiger partial charge in [-0.05, 0) is 6.07 Å². The molecule has 0 fully saturated rings. The van der Waals surface area contributed by atoms with Gasteiger partial charge in [-0.15, -0.1) is 0 Å². The van der Waals surface area contributed by atoms with Crippen LogP contribution in [0.15, 0.2) is 18.2 Å². The summed E-state index contributed by atoms with van der Waals surface area (Å²) in [5.74, 6) is 0.0532. The number of halogens is 2. The molecule has 5 nitrogen and oxygen atoms in total. The average molecular weight is 311 g/mol. The topological polar surface area (TPSA) is 72.6 Å². The Hall–Kier alpha value is -0.850. The monoisotopic (exact) mass is 309 g/mol. The van der Waals surface area contributed by atoms with E-state index in [2.05, 4.69) is 15.9 Å². The molecule has 0 aromatic heterocycles. The first-order chi connectivity index (χ1) is 7.54. The van der Waals surface area contributed by atoms with Gasteiger partial charge < -0.3 is 9.84 Å². The van der Waals surface area contributed by atoms with Crippen molar-refractivity contribution in [2.75, 3.05) is 11.9 Å². The third-order valence-corrected chi connectivity index (χ3v) is 2.71. The van der Waals surface area contributed by atoms with E-state index in [-0.39, 0.29) is 18.0 Å². The Kier molecular flexibility index (Phi) is 4.98. The lowest BCUT2D eigenvalue weighted by Crippen LogP contribution is -2.19. The normalized spacial score (nSPS) is 12.2. The fourth-order valence-corrected chi connectivity index (χ4v) is 1.33. The van der Waals surface area contributed by atoms with Crippen LogP contribution >= 0.6 is 27.5 Å². The number of alkyl halides is 1. The molecule has 0 amide bonds. The molecular weight excluding hydrogens is 301 g/mol. The van der Waals surface area contributed by atoms with Gasteiger partial charge in [-0.3, -0.25) is 10.1 Å². The first-order valence-corrected chi connectivity index (χ1v) is 5.85. The molecule has 7 heteroatoms. The van der Waals surface area contributed by atoms with Gasteiger partial charge in [0.1, 0.15) is 6.61 Å². The Morgan fingerprint density at radius 2 is 2.31 bits per heavy atom. The van der Waals surface area contributed by atoms with Gasteiger partial charge in [0.15, 0.2) is 5.75 Å². The van der Waals surface area contributed by atoms with Crippen LogP contribution in [-0.4, -0.2) is 28.1 Å². The molecule has 16 heavy (non-hydrogen) atoms. The zero-order valence-electron chi connectivity index (χ0n) is 8.10. The Morgan fingerprint density at radius 3 is 2.88 bits per heavy atom. The summed E-state index contributed by atoms with van der Waals surface area (Å²) in [5.41, 5.74) is -0.175. The highest BCUT2D eigenvalue weighted by molar-refractivity contribution is 9.09. The van der Waals surface area contributed by atoms with Crippen LogP contribution in [0.1, 0.15) is 0 Å². The first-order valence-electron chi connectivity index (χ1n) is 4.35. The zero-order chi connectivity index (χ0) is 12.1. The molecule has 0 saturated heterocycles. The molecule has 0 radical (unpaired) electrons. The molecule has 0 aliphatic carbocycles. The standard InChI is InChI=1S/C9H9BrClNO4/c10-4-7(13)5-16-9-3-6(11)1-2-8(9)12(14)15/h1-3,7,13H,4-5H2. The summed E-state index contributed by atoms with van der Waals surface area (Å²) >= 11 is 8.76. The smallest absolute Gasteiger partial charge is 0.311 e. The summed E-state index contributed by atoms with van der Waals surface area (Å²) in [5, 5.41) is 20.6. The Morgan fingerprint density at radius 1 is 1.62 bits per heavy atom. The minimum absolute atomic E-state index is 0.0353. The van der Waals surface area contributed by atoms with E-state index in [9.17, 15) is 15.2 Å². The number of benzene rings is 1. The predicted molar refractivity (Wildman–Crippen MR) is 63.4 cm³/mol. The zero-order valence-corrected chi connectivity index (χ0v) is 10.4. The summed E-state index contributed by atoms with van der Waals surface area (Å²) in [6.45, 7) is -0.0353. The first kappa shape index (κ1) is 13.2. The Labute approximate surface area is 105 Å². The van der Waals surface area contributed by atoms with Gasteiger partial charge in [-0.25, -0.2) is 0 Å². The second kappa shape index (κ2) is 6.03. The molecule has 88 valence electrons. The van der Waals surface area contributed by atoms with Crippen molar-refractivity contribution in [1.29, 1.82) is 0 Å². The number of aliphatic hydroxyl groups is 1. The van der Waals surface area contributed by atoms with Gasteiger partial charge in [0.2, 0.25) is 0 Å². The molecule has 1 unspecified atom stereocenters. The molecule has 0 aliphatic heterocycles. The summed E-state index contributed by atoms with van der Waals surface area (Å²) in [7, 11) is 0. The molecular formula is C9H9BrClNO4. The molecule has 1 rings (SSSR count). The van der Waals surface area contributed by atoms with Gasteiger partial charge in [0.05, 0.1) is 11.0 Å². The van der Waals surface area contributed by atoms with Crippen LogP contribution in [0.3, 0.4) is 0 Å². The van der Waals surface area contributed by atoms with E-state index in [1.807, 2.05) is 0 Å². The van der Waals surface area contributed by atoms with E-state index < -0.39 is 11.0 Å². The quantitative estimate of drug-likeness (QED) is 0.515. The van der Waals surface area contributed by atoms with Gasteiger partial charge >= 0.3 is 5.69 Å². The molecule has 1 N–H and O–H groups in total. The van der Waals surface area contributed by atoms with Gasteiger partial charge in [0, 0.05) is 22.5 Å². The molecule has 1 atom stereocenters. The molecule has 0 heterocycles. The van der Waals surface area contributed by atoms with Crippen molar-refractivity contribution in [2.24, 2.45) is 0 Å². The van der Waals surface area contributed by atoms with Crippen LogP contribution in [0.25, 0.3) is 0 Å². The SMILES string of the molecule is O=[N+]([O-])c1ccc(Cl)cc1OCC(O)CBr. The summed E-state index contributed by atoms with van der Waals surface area (Å²) < 4.78 is 5.13. The average Bonchev–Trinajstić information content (AvgIpc) is 2.25. The number of nitro groups is 1. The van der Waals surface area contributed by atoms with Crippen LogP contribution in [0.5, 0.6) is 5.75 Å². The number of aliphatic hydroxyl groups excluding tert-OH is 1. The van der Waals surface area contributed by atoms with E-state index in [1.54, 1.807) is 0 Å². The van der Waals surface area contributed by atoms with Gasteiger partial charge in [0.25, 0.3) is 0 Å². The second-order valence-corrected chi connectivity index (χ2v) is 4.07. The van der Waals surface area contributed by atoms with Crippen molar-refractivity contribution in [3.05, 3.63) is 33.3 Å². The van der Waals surface area contributed by atoms with E-state index in [4.69, 9.17) is 16.3 Å². The van der Waals surface area contributed by atoms with E-state index in [0.717, 1.165) is 0 Å². The lowest BCUT2D eigenvalue weighted by Gasteiger charge is -2.09. The molecule has 0 aliphatic rings. The largest absolute Gasteiger partial charge is 0.484 e. The molecule has 0 saturated carbocycles. The Balaban J connectivity index is 2.84. The highest BCUT2D eigenvalue weighted by atomic mass is 79.9. The van der Waals surface area contributed by atoms with Gasteiger partial charge in [-0.1, -0.05) is 27.5 Å². The molecule has 1 aromatic carbocycles. The number of nitrogens with zero attached hydrogens (tertiary/aromatic N) is 1. The molecule has 0 spiro atoms. The molecule has 1 aromatic rings. The van der Waals surface area contributed by atoms with Crippen molar-refractivity contribution in [1.82, 2.24) is 0 Å². The van der Waals surface area contributed by atoms with Crippen molar-refractivity contribution in [2.45, 2.75) is 6.10 Å². The summed E-state index contributed by atoms with van der Waals surface area (Å²) in [4.78, 5) is 10.1. The molecule has 0 bridgehead atoms. The second-order valence-electron chi connectivity index (χ2n) is 2.99. The van der Waals surface area contributed by atoms with Crippen LogP contribution in [0.4, 0.5) is 5.69 Å². The van der Waals surface area contributed by atoms with Crippen LogP contribution in [0.2, 0.25) is 5.02 Å². The van der Waals surface area contributed by atoms with E-state index in [1.165, 1.54) is 18.2 Å². The minimum atomic E-state index is -0.724. The fraction of sp³-hybridized carbons (Fsp3) is 0.333. The van der Waals surface area contributed by atoms with E-state index in [0.29, 0.717) is 10.4 Å². The highest BCUT2D eigenvalue weighted by Crippen LogP contribution is 2.29. The third kappa shape index (κ3) is 3.62. The third-order valence-electron chi connectivity index (χ3n) is 1.73.